The van der Waals surface area contributed by atoms with E-state index in [4.69, 9.17) is 4.42 Å². The molecule has 1 atom stereocenters. The highest BCUT2D eigenvalue weighted by Gasteiger charge is 2.48. The van der Waals surface area contributed by atoms with Crippen molar-refractivity contribution < 1.29 is 8.99 Å². The molecule has 3 nitrogen and oxygen atoms in total. The van der Waals surface area contributed by atoms with E-state index in [-0.39, 0.29) is 5.41 Å². The summed E-state index contributed by atoms with van der Waals surface area (Å²) >= 11 is 1.75. The van der Waals surface area contributed by atoms with E-state index in [1.165, 1.54) is 32.6 Å². The molecule has 3 heterocycles. The second-order valence-electron chi connectivity index (χ2n) is 7.41. The van der Waals surface area contributed by atoms with Crippen molar-refractivity contribution in [3.63, 3.8) is 0 Å². The first-order chi connectivity index (χ1) is 13.7. The van der Waals surface area contributed by atoms with Crippen molar-refractivity contribution >= 4 is 39.6 Å². The number of nitrogens with zero attached hydrogens (tertiary/aromatic N) is 2. The lowest BCUT2D eigenvalue weighted by atomic mass is 9.74. The van der Waals surface area contributed by atoms with Crippen molar-refractivity contribution in [3.8, 4) is 0 Å². The molecule has 2 aromatic heterocycles. The molecule has 28 heavy (non-hydrogen) atoms. The van der Waals surface area contributed by atoms with Gasteiger partial charge in [-0.15, -0.1) is 11.3 Å². The molecule has 1 unspecified atom stereocenters. The van der Waals surface area contributed by atoms with Crippen LogP contribution in [0.2, 0.25) is 0 Å². The smallest absolute Gasteiger partial charge is 0.210 e. The van der Waals surface area contributed by atoms with Gasteiger partial charge < -0.3 is 4.42 Å². The first-order valence-corrected chi connectivity index (χ1v) is 10.3. The summed E-state index contributed by atoms with van der Waals surface area (Å²) in [4.78, 5) is 5.68. The highest BCUT2D eigenvalue weighted by molar-refractivity contribution is 7.10. The Bertz CT molecular complexity index is 1200. The Balaban J connectivity index is 1.72. The number of benzene rings is 2. The van der Waals surface area contributed by atoms with Crippen LogP contribution >= 0.6 is 11.3 Å². The van der Waals surface area contributed by atoms with E-state index in [0.29, 0.717) is 0 Å². The lowest BCUT2D eigenvalue weighted by Gasteiger charge is -2.22. The molecule has 0 bridgehead atoms. The monoisotopic (exact) mass is 385 g/mol. The van der Waals surface area contributed by atoms with Gasteiger partial charge in [-0.1, -0.05) is 30.3 Å². The van der Waals surface area contributed by atoms with Gasteiger partial charge in [-0.25, -0.2) is 4.98 Å². The van der Waals surface area contributed by atoms with Gasteiger partial charge in [0, 0.05) is 29.0 Å². The van der Waals surface area contributed by atoms with E-state index in [0.717, 1.165) is 12.3 Å². The second-order valence-corrected chi connectivity index (χ2v) is 8.39. The molecule has 0 aliphatic carbocycles. The largest absolute Gasteiger partial charge is 0.449 e. The maximum absolute atomic E-state index is 5.66. The van der Waals surface area contributed by atoms with E-state index >= 15 is 0 Å². The summed E-state index contributed by atoms with van der Waals surface area (Å²) in [7, 11) is 2.16. The Labute approximate surface area is 168 Å². The molecule has 0 amide bonds. The molecule has 1 aliphatic rings. The molecule has 138 valence electrons. The first-order valence-electron chi connectivity index (χ1n) is 9.40. The number of hydrogen-bond donors (Lipinski definition) is 0. The quantitative estimate of drug-likeness (QED) is 0.414. The molecule has 2 aromatic carbocycles. The number of rotatable bonds is 4. The summed E-state index contributed by atoms with van der Waals surface area (Å²) < 4.78 is 7.97. The van der Waals surface area contributed by atoms with Crippen LogP contribution < -0.4 is 0 Å². The molecular weight excluding hydrogens is 364 g/mol. The van der Waals surface area contributed by atoms with E-state index < -0.39 is 0 Å². The maximum atomic E-state index is 5.66. The van der Waals surface area contributed by atoms with Crippen LogP contribution in [0.4, 0.5) is 5.69 Å². The fourth-order valence-corrected chi connectivity index (χ4v) is 5.03. The minimum atomic E-state index is -0.233. The van der Waals surface area contributed by atoms with Gasteiger partial charge in [0.2, 0.25) is 5.69 Å². The zero-order chi connectivity index (χ0) is 19.1. The second kappa shape index (κ2) is 6.57. The maximum Gasteiger partial charge on any atom is 0.210 e. The van der Waals surface area contributed by atoms with Crippen molar-refractivity contribution in [2.24, 2.45) is 0 Å². The van der Waals surface area contributed by atoms with Crippen molar-refractivity contribution in [2.75, 3.05) is 7.05 Å². The third-order valence-electron chi connectivity index (χ3n) is 5.68. The van der Waals surface area contributed by atoms with Gasteiger partial charge in [0.1, 0.15) is 13.3 Å². The average molecular weight is 386 g/mol. The summed E-state index contributed by atoms with van der Waals surface area (Å²) in [5.41, 5.74) is 3.62. The number of fused-ring (bicyclic) bond motifs is 3. The van der Waals surface area contributed by atoms with Crippen LogP contribution in [0, 0.1) is 0 Å². The normalized spacial score (nSPS) is 19.1. The molecule has 5 rings (SSSR count). The zero-order valence-corrected chi connectivity index (χ0v) is 16.7. The predicted molar refractivity (Wildman–Crippen MR) is 116 cm³/mol. The van der Waals surface area contributed by atoms with Gasteiger partial charge in [0.05, 0.1) is 11.6 Å². The minimum absolute atomic E-state index is 0.233. The van der Waals surface area contributed by atoms with Gasteiger partial charge >= 0.3 is 0 Å². The SMILES string of the molecule is C[N+]1=C(/C=C/c2cccs2)C(C)(Cc2ncco2)c2c1ccc1ccccc21. The van der Waals surface area contributed by atoms with E-state index in [1.54, 1.807) is 23.8 Å². The molecule has 1 aliphatic heterocycles. The van der Waals surface area contributed by atoms with Crippen molar-refractivity contribution in [1.82, 2.24) is 4.98 Å². The van der Waals surface area contributed by atoms with Gasteiger partial charge in [0.15, 0.2) is 11.6 Å². The summed E-state index contributed by atoms with van der Waals surface area (Å²) in [6.07, 6.45) is 8.56. The number of hydrogen-bond acceptors (Lipinski definition) is 3. The van der Waals surface area contributed by atoms with Gasteiger partial charge in [-0.05, 0) is 41.3 Å². The zero-order valence-electron chi connectivity index (χ0n) is 15.9. The van der Waals surface area contributed by atoms with Crippen LogP contribution in [-0.2, 0) is 11.8 Å². The molecule has 0 saturated heterocycles. The highest BCUT2D eigenvalue weighted by Crippen LogP contribution is 2.45. The number of allylic oxidation sites excluding steroid dienone is 1. The van der Waals surface area contributed by atoms with Crippen LogP contribution in [0.25, 0.3) is 16.8 Å². The summed E-state index contributed by atoms with van der Waals surface area (Å²) in [6.45, 7) is 2.31. The van der Waals surface area contributed by atoms with Crippen LogP contribution in [0.1, 0.15) is 23.3 Å². The standard InChI is InChI=1S/C24H21N2OS/c1-24(16-22-25-13-14-27-22)21(12-10-18-7-5-15-28-18)26(2)20-11-9-17-6-3-4-8-19(17)23(20)24/h3-15H,16H2,1-2H3/q+1/b12-10+. The Kier molecular flexibility index (Phi) is 4.02. The van der Waals surface area contributed by atoms with Crippen LogP contribution in [0.15, 0.2) is 76.9 Å². The first kappa shape index (κ1) is 17.1. The molecule has 0 N–H and O–H groups in total. The molecular formula is C24H21N2OS+. The molecule has 4 heteroatoms. The number of oxazole rings is 1. The Morgan fingerprint density at radius 1 is 1.11 bits per heavy atom. The third kappa shape index (κ3) is 2.64. The number of thiophene rings is 1. The van der Waals surface area contributed by atoms with Gasteiger partial charge in [-0.2, -0.15) is 4.58 Å². The van der Waals surface area contributed by atoms with Crippen molar-refractivity contribution in [2.45, 2.75) is 18.8 Å². The Hall–Kier alpha value is -2.98. The summed E-state index contributed by atoms with van der Waals surface area (Å²) in [5.74, 6) is 0.763. The fourth-order valence-electron chi connectivity index (χ4n) is 4.41. The van der Waals surface area contributed by atoms with Crippen LogP contribution in [0.3, 0.4) is 0 Å². The molecule has 0 fully saturated rings. The van der Waals surface area contributed by atoms with E-state index in [1.807, 2.05) is 0 Å². The van der Waals surface area contributed by atoms with E-state index in [2.05, 4.69) is 89.6 Å². The lowest BCUT2D eigenvalue weighted by Crippen LogP contribution is -2.33. The van der Waals surface area contributed by atoms with Crippen LogP contribution in [-0.4, -0.2) is 22.3 Å². The Morgan fingerprint density at radius 2 is 2.00 bits per heavy atom. The third-order valence-corrected chi connectivity index (χ3v) is 6.52. The van der Waals surface area contributed by atoms with Gasteiger partial charge in [-0.3, -0.25) is 0 Å². The topological polar surface area (TPSA) is 29.0 Å². The molecule has 0 radical (unpaired) electrons. The molecule has 0 spiro atoms. The van der Waals surface area contributed by atoms with Crippen molar-refractivity contribution in [3.05, 3.63) is 88.8 Å². The average Bonchev–Trinajstić information content (AvgIpc) is 3.44. The highest BCUT2D eigenvalue weighted by atomic mass is 32.1. The summed E-state index contributed by atoms with van der Waals surface area (Å²) in [5, 5.41) is 4.66. The summed E-state index contributed by atoms with van der Waals surface area (Å²) in [6, 6.07) is 17.3. The minimum Gasteiger partial charge on any atom is -0.449 e. The number of aromatic nitrogens is 1. The van der Waals surface area contributed by atoms with Crippen LogP contribution in [0.5, 0.6) is 0 Å². The predicted octanol–water partition coefficient (Wildman–Crippen LogP) is 5.83. The van der Waals surface area contributed by atoms with Gasteiger partial charge in [0.25, 0.3) is 0 Å². The van der Waals surface area contributed by atoms with E-state index in [9.17, 15) is 0 Å². The molecule has 4 aromatic rings. The van der Waals surface area contributed by atoms with Crippen molar-refractivity contribution in [1.29, 1.82) is 0 Å². The Morgan fingerprint density at radius 3 is 2.79 bits per heavy atom. The fraction of sp³-hybridized carbons (Fsp3) is 0.167. The molecule has 0 saturated carbocycles. The lowest BCUT2D eigenvalue weighted by molar-refractivity contribution is -0.401.